The number of nitrogens with two attached hydrogens (primary N) is 1. The van der Waals surface area contributed by atoms with E-state index in [0.29, 0.717) is 5.82 Å². The topological polar surface area (TPSA) is 81.3 Å². The predicted molar refractivity (Wildman–Crippen MR) is 68.0 cm³/mol. The Balaban J connectivity index is 2.44. The minimum absolute atomic E-state index is 0.185. The van der Waals surface area contributed by atoms with Crippen LogP contribution in [0.1, 0.15) is 11.9 Å². The largest absolute Gasteiger partial charge is 0.496 e. The highest BCUT2D eigenvalue weighted by Gasteiger charge is 2.11. The molecule has 0 saturated carbocycles. The van der Waals surface area contributed by atoms with Gasteiger partial charge in [0, 0.05) is 11.8 Å². The van der Waals surface area contributed by atoms with E-state index in [1.54, 1.807) is 19.4 Å². The predicted octanol–water partition coefficient (Wildman–Crippen LogP) is 1.14. The molecule has 1 atom stereocenters. The molecule has 2 rings (SSSR count). The van der Waals surface area contributed by atoms with Crippen molar-refractivity contribution in [2.45, 2.75) is 6.04 Å². The summed E-state index contributed by atoms with van der Waals surface area (Å²) in [5.41, 5.74) is 7.30. The highest BCUT2D eigenvalue weighted by Crippen LogP contribution is 2.27. The number of aromatic nitrogens is 2. The lowest BCUT2D eigenvalue weighted by atomic mass is 10.1. The van der Waals surface area contributed by atoms with Crippen LogP contribution >= 0.6 is 0 Å². The minimum Gasteiger partial charge on any atom is -0.496 e. The summed E-state index contributed by atoms with van der Waals surface area (Å²) in [5.74, 6) is 1.15. The first-order valence-electron chi connectivity index (χ1n) is 5.59. The van der Waals surface area contributed by atoms with E-state index in [9.17, 15) is 0 Å². The summed E-state index contributed by atoms with van der Waals surface area (Å²) in [6, 6.07) is 8.79. The van der Waals surface area contributed by atoms with Crippen LogP contribution in [0.2, 0.25) is 0 Å². The van der Waals surface area contributed by atoms with Crippen LogP contribution in [0.4, 0.5) is 0 Å². The molecule has 5 nitrogen and oxygen atoms in total. The van der Waals surface area contributed by atoms with Gasteiger partial charge in [0.15, 0.2) is 0 Å². The van der Waals surface area contributed by atoms with Crippen molar-refractivity contribution in [1.82, 2.24) is 9.97 Å². The lowest BCUT2D eigenvalue weighted by Crippen LogP contribution is -2.17. The lowest BCUT2D eigenvalue weighted by Gasteiger charge is -2.10. The van der Waals surface area contributed by atoms with E-state index in [0.717, 1.165) is 17.0 Å². The van der Waals surface area contributed by atoms with Crippen molar-refractivity contribution in [2.24, 2.45) is 5.73 Å². The molecule has 94 valence electrons. The van der Waals surface area contributed by atoms with Gasteiger partial charge in [-0.1, -0.05) is 12.1 Å². The van der Waals surface area contributed by atoms with Crippen molar-refractivity contribution in [2.75, 3.05) is 13.7 Å². The maximum atomic E-state index is 9.02. The van der Waals surface area contributed by atoms with Gasteiger partial charge >= 0.3 is 0 Å². The molecule has 0 bridgehead atoms. The Hall–Kier alpha value is -1.98. The van der Waals surface area contributed by atoms with Crippen LogP contribution in [0.25, 0.3) is 11.3 Å². The van der Waals surface area contributed by atoms with Crippen LogP contribution in [0.5, 0.6) is 5.75 Å². The number of ether oxygens (including phenoxy) is 1. The van der Waals surface area contributed by atoms with Gasteiger partial charge in [-0.05, 0) is 18.2 Å². The van der Waals surface area contributed by atoms with E-state index in [2.05, 4.69) is 9.97 Å². The highest BCUT2D eigenvalue weighted by molar-refractivity contribution is 5.66. The van der Waals surface area contributed by atoms with Crippen molar-refractivity contribution >= 4 is 0 Å². The number of aliphatic hydroxyl groups excluding tert-OH is 1. The molecule has 0 aliphatic rings. The first kappa shape index (κ1) is 12.5. The van der Waals surface area contributed by atoms with Crippen molar-refractivity contribution < 1.29 is 9.84 Å². The molecule has 0 saturated heterocycles. The van der Waals surface area contributed by atoms with Gasteiger partial charge in [0.05, 0.1) is 25.5 Å². The third-order valence-corrected chi connectivity index (χ3v) is 2.59. The third kappa shape index (κ3) is 2.47. The van der Waals surface area contributed by atoms with Gasteiger partial charge in [-0.2, -0.15) is 0 Å². The van der Waals surface area contributed by atoms with Crippen LogP contribution in [-0.2, 0) is 0 Å². The van der Waals surface area contributed by atoms with Crippen molar-refractivity contribution in [3.8, 4) is 17.0 Å². The third-order valence-electron chi connectivity index (χ3n) is 2.59. The normalized spacial score (nSPS) is 12.2. The molecule has 0 spiro atoms. The van der Waals surface area contributed by atoms with E-state index < -0.39 is 6.04 Å². The Labute approximate surface area is 105 Å². The standard InChI is InChI=1S/C13H15N3O2/c1-18-12-5-3-2-4-9(12)11-6-7-15-13(16-11)10(14)8-17/h2-7,10,17H,8,14H2,1H3. The van der Waals surface area contributed by atoms with Crippen LogP contribution in [0.3, 0.4) is 0 Å². The average Bonchev–Trinajstić information content (AvgIpc) is 2.46. The number of methoxy groups -OCH3 is 1. The summed E-state index contributed by atoms with van der Waals surface area (Å²) in [5, 5.41) is 9.02. The Morgan fingerprint density at radius 2 is 2.11 bits per heavy atom. The number of para-hydroxylation sites is 1. The van der Waals surface area contributed by atoms with Crippen LogP contribution in [-0.4, -0.2) is 28.8 Å². The molecule has 0 radical (unpaired) electrons. The number of hydrogen-bond donors (Lipinski definition) is 2. The maximum Gasteiger partial charge on any atom is 0.147 e. The first-order valence-corrected chi connectivity index (χ1v) is 5.59. The molecule has 0 fully saturated rings. The summed E-state index contributed by atoms with van der Waals surface area (Å²) in [6.45, 7) is -0.185. The quantitative estimate of drug-likeness (QED) is 0.844. The monoisotopic (exact) mass is 245 g/mol. The van der Waals surface area contributed by atoms with E-state index in [-0.39, 0.29) is 6.61 Å². The molecule has 0 aliphatic carbocycles. The molecule has 1 aromatic carbocycles. The summed E-state index contributed by atoms with van der Waals surface area (Å²) < 4.78 is 5.29. The zero-order chi connectivity index (χ0) is 13.0. The van der Waals surface area contributed by atoms with Crippen LogP contribution < -0.4 is 10.5 Å². The Morgan fingerprint density at radius 1 is 1.33 bits per heavy atom. The molecule has 3 N–H and O–H groups in total. The fourth-order valence-electron chi connectivity index (χ4n) is 1.64. The van der Waals surface area contributed by atoms with Gasteiger partial charge in [-0.15, -0.1) is 0 Å². The second-order valence-electron chi connectivity index (χ2n) is 3.79. The van der Waals surface area contributed by atoms with Gasteiger partial charge in [-0.25, -0.2) is 9.97 Å². The van der Waals surface area contributed by atoms with E-state index in [4.69, 9.17) is 15.6 Å². The van der Waals surface area contributed by atoms with Gasteiger partial charge in [-0.3, -0.25) is 0 Å². The zero-order valence-corrected chi connectivity index (χ0v) is 10.1. The zero-order valence-electron chi connectivity index (χ0n) is 10.1. The summed E-state index contributed by atoms with van der Waals surface area (Å²) in [6.07, 6.45) is 1.62. The van der Waals surface area contributed by atoms with E-state index in [1.165, 1.54) is 0 Å². The highest BCUT2D eigenvalue weighted by atomic mass is 16.5. The molecular formula is C13H15N3O2. The Bertz CT molecular complexity index is 531. The smallest absolute Gasteiger partial charge is 0.147 e. The molecule has 1 heterocycles. The van der Waals surface area contributed by atoms with Crippen molar-refractivity contribution in [1.29, 1.82) is 0 Å². The van der Waals surface area contributed by atoms with Crippen LogP contribution in [0.15, 0.2) is 36.5 Å². The Kier molecular flexibility index (Phi) is 3.86. The molecule has 0 aliphatic heterocycles. The van der Waals surface area contributed by atoms with Crippen molar-refractivity contribution in [3.63, 3.8) is 0 Å². The van der Waals surface area contributed by atoms with E-state index >= 15 is 0 Å². The summed E-state index contributed by atoms with van der Waals surface area (Å²) in [7, 11) is 1.61. The van der Waals surface area contributed by atoms with E-state index in [1.807, 2.05) is 24.3 Å². The number of nitrogens with zero attached hydrogens (tertiary/aromatic N) is 2. The van der Waals surface area contributed by atoms with Crippen LogP contribution in [0, 0.1) is 0 Å². The second kappa shape index (κ2) is 5.57. The van der Waals surface area contributed by atoms with Gasteiger partial charge in [0.2, 0.25) is 0 Å². The first-order chi connectivity index (χ1) is 8.76. The molecular weight excluding hydrogens is 230 g/mol. The maximum absolute atomic E-state index is 9.02. The molecule has 5 heteroatoms. The molecule has 0 amide bonds. The number of benzene rings is 1. The molecule has 18 heavy (non-hydrogen) atoms. The molecule has 1 unspecified atom stereocenters. The molecule has 2 aromatic rings. The number of rotatable bonds is 4. The van der Waals surface area contributed by atoms with Gasteiger partial charge < -0.3 is 15.6 Å². The summed E-state index contributed by atoms with van der Waals surface area (Å²) >= 11 is 0. The lowest BCUT2D eigenvalue weighted by molar-refractivity contribution is 0.263. The average molecular weight is 245 g/mol. The minimum atomic E-state index is -0.570. The van der Waals surface area contributed by atoms with Crippen molar-refractivity contribution in [3.05, 3.63) is 42.4 Å². The Morgan fingerprint density at radius 3 is 2.83 bits per heavy atom. The van der Waals surface area contributed by atoms with Gasteiger partial charge in [0.25, 0.3) is 0 Å². The number of hydrogen-bond acceptors (Lipinski definition) is 5. The molecule has 1 aromatic heterocycles. The van der Waals surface area contributed by atoms with Gasteiger partial charge in [0.1, 0.15) is 11.6 Å². The fraction of sp³-hybridized carbons (Fsp3) is 0.231. The number of aliphatic hydroxyl groups is 1. The SMILES string of the molecule is COc1ccccc1-c1ccnc(C(N)CO)n1. The second-order valence-corrected chi connectivity index (χ2v) is 3.79. The fourth-order valence-corrected chi connectivity index (χ4v) is 1.64. The summed E-state index contributed by atoms with van der Waals surface area (Å²) in [4.78, 5) is 8.40.